The van der Waals surface area contributed by atoms with Gasteiger partial charge in [0, 0.05) is 26.3 Å². The van der Waals surface area contributed by atoms with E-state index in [4.69, 9.17) is 14.2 Å². The first-order chi connectivity index (χ1) is 13.5. The van der Waals surface area contributed by atoms with Crippen molar-refractivity contribution in [3.8, 4) is 17.2 Å². The highest BCUT2D eigenvalue weighted by atomic mass is 16.5. The third kappa shape index (κ3) is 5.81. The van der Waals surface area contributed by atoms with E-state index in [0.29, 0.717) is 23.8 Å². The highest BCUT2D eigenvalue weighted by molar-refractivity contribution is 5.79. The van der Waals surface area contributed by atoms with E-state index in [9.17, 15) is 4.79 Å². The minimum absolute atomic E-state index is 0.0303. The molecule has 152 valence electrons. The molecule has 0 aliphatic rings. The van der Waals surface area contributed by atoms with Gasteiger partial charge in [-0.05, 0) is 48.2 Å². The van der Waals surface area contributed by atoms with Gasteiger partial charge in [-0.1, -0.05) is 12.1 Å². The average Bonchev–Trinajstić information content (AvgIpc) is 2.70. The van der Waals surface area contributed by atoms with Crippen molar-refractivity contribution in [3.05, 3.63) is 47.5 Å². The molecule has 0 aromatic heterocycles. The van der Waals surface area contributed by atoms with Crippen molar-refractivity contribution in [2.75, 3.05) is 46.9 Å². The molecular weight excluding hydrogens is 356 g/mol. The number of aryl methyl sites for hydroxylation is 1. The Hall–Kier alpha value is -2.89. The van der Waals surface area contributed by atoms with E-state index < -0.39 is 0 Å². The van der Waals surface area contributed by atoms with Gasteiger partial charge in [0.05, 0.1) is 27.8 Å². The van der Waals surface area contributed by atoms with Crippen molar-refractivity contribution in [2.45, 2.75) is 19.3 Å². The Morgan fingerprint density at radius 1 is 0.929 bits per heavy atom. The van der Waals surface area contributed by atoms with Gasteiger partial charge in [0.25, 0.3) is 0 Å². The lowest BCUT2D eigenvalue weighted by molar-refractivity contribution is -0.120. The standard InChI is InChI=1S/C22H30N2O4/c1-24(2)18-10-8-16(9-11-18)7-6-12-23-21(25)15-17-13-19(26-3)22(28-5)20(14-17)27-4/h8-11,13-14H,6-7,12,15H2,1-5H3,(H,23,25). The van der Waals surface area contributed by atoms with Gasteiger partial charge >= 0.3 is 0 Å². The van der Waals surface area contributed by atoms with Crippen LogP contribution < -0.4 is 24.4 Å². The van der Waals surface area contributed by atoms with Gasteiger partial charge in [-0.2, -0.15) is 0 Å². The average molecular weight is 386 g/mol. The van der Waals surface area contributed by atoms with Gasteiger partial charge in [0.15, 0.2) is 11.5 Å². The molecule has 0 atom stereocenters. The molecule has 0 bridgehead atoms. The van der Waals surface area contributed by atoms with Crippen molar-refractivity contribution in [1.82, 2.24) is 5.32 Å². The van der Waals surface area contributed by atoms with Crippen LogP contribution in [0.4, 0.5) is 5.69 Å². The molecule has 0 heterocycles. The number of carbonyl (C=O) groups excluding carboxylic acids is 1. The summed E-state index contributed by atoms with van der Waals surface area (Å²) in [6.07, 6.45) is 2.08. The van der Waals surface area contributed by atoms with Crippen molar-refractivity contribution < 1.29 is 19.0 Å². The van der Waals surface area contributed by atoms with Crippen LogP contribution in [0.1, 0.15) is 17.5 Å². The van der Waals surface area contributed by atoms with Gasteiger partial charge in [0.1, 0.15) is 0 Å². The molecule has 2 aromatic carbocycles. The third-order valence-electron chi connectivity index (χ3n) is 4.51. The summed E-state index contributed by atoms with van der Waals surface area (Å²) in [5.41, 5.74) is 3.26. The van der Waals surface area contributed by atoms with E-state index >= 15 is 0 Å². The van der Waals surface area contributed by atoms with Crippen LogP contribution in [0.5, 0.6) is 17.2 Å². The largest absolute Gasteiger partial charge is 0.493 e. The molecule has 2 aromatic rings. The second kappa shape index (κ2) is 10.4. The van der Waals surface area contributed by atoms with Crippen LogP contribution in [0.15, 0.2) is 36.4 Å². The summed E-state index contributed by atoms with van der Waals surface area (Å²) in [6.45, 7) is 0.638. The summed E-state index contributed by atoms with van der Waals surface area (Å²) in [5.74, 6) is 1.59. The number of nitrogens with zero attached hydrogens (tertiary/aromatic N) is 1. The quantitative estimate of drug-likeness (QED) is 0.636. The summed E-state index contributed by atoms with van der Waals surface area (Å²) in [6, 6.07) is 12.1. The lowest BCUT2D eigenvalue weighted by Crippen LogP contribution is -2.26. The van der Waals surface area contributed by atoms with Crippen molar-refractivity contribution in [1.29, 1.82) is 0 Å². The molecule has 6 heteroatoms. The number of nitrogens with one attached hydrogen (secondary N) is 1. The number of amides is 1. The molecule has 0 saturated carbocycles. The van der Waals surface area contributed by atoms with Crippen LogP contribution in [0.25, 0.3) is 0 Å². The lowest BCUT2D eigenvalue weighted by atomic mass is 10.1. The topological polar surface area (TPSA) is 60.0 Å². The van der Waals surface area contributed by atoms with Crippen LogP contribution in [-0.4, -0.2) is 47.9 Å². The number of carbonyl (C=O) groups is 1. The Morgan fingerprint density at radius 3 is 2.04 bits per heavy atom. The molecule has 0 fully saturated rings. The Kier molecular flexibility index (Phi) is 7.99. The van der Waals surface area contributed by atoms with Gasteiger partial charge in [0.2, 0.25) is 11.7 Å². The first-order valence-electron chi connectivity index (χ1n) is 9.30. The van der Waals surface area contributed by atoms with Gasteiger partial charge < -0.3 is 24.4 Å². The minimum Gasteiger partial charge on any atom is -0.493 e. The van der Waals surface area contributed by atoms with Crippen LogP contribution in [0, 0.1) is 0 Å². The fourth-order valence-corrected chi connectivity index (χ4v) is 2.97. The number of rotatable bonds is 10. The predicted octanol–water partition coefficient (Wildman–Crippen LogP) is 3.07. The second-order valence-corrected chi connectivity index (χ2v) is 6.72. The van der Waals surface area contributed by atoms with Crippen LogP contribution in [-0.2, 0) is 17.6 Å². The maximum absolute atomic E-state index is 12.3. The van der Waals surface area contributed by atoms with E-state index in [1.807, 2.05) is 14.1 Å². The molecule has 0 spiro atoms. The fourth-order valence-electron chi connectivity index (χ4n) is 2.97. The highest BCUT2D eigenvalue weighted by Gasteiger charge is 2.14. The SMILES string of the molecule is COc1cc(CC(=O)NCCCc2ccc(N(C)C)cc2)cc(OC)c1OC. The van der Waals surface area contributed by atoms with Crippen LogP contribution >= 0.6 is 0 Å². The van der Waals surface area contributed by atoms with E-state index in [0.717, 1.165) is 18.4 Å². The monoisotopic (exact) mass is 386 g/mol. The molecule has 28 heavy (non-hydrogen) atoms. The van der Waals surface area contributed by atoms with E-state index in [-0.39, 0.29) is 12.3 Å². The molecule has 0 unspecified atom stereocenters. The van der Waals surface area contributed by atoms with Crippen LogP contribution in [0.3, 0.4) is 0 Å². The Labute approximate surface area is 167 Å². The molecule has 0 radical (unpaired) electrons. The van der Waals surface area contributed by atoms with Gasteiger partial charge in [-0.15, -0.1) is 0 Å². The zero-order valence-electron chi connectivity index (χ0n) is 17.4. The van der Waals surface area contributed by atoms with Crippen molar-refractivity contribution in [3.63, 3.8) is 0 Å². The zero-order chi connectivity index (χ0) is 20.5. The smallest absolute Gasteiger partial charge is 0.224 e. The van der Waals surface area contributed by atoms with Gasteiger partial charge in [-0.25, -0.2) is 0 Å². The maximum Gasteiger partial charge on any atom is 0.224 e. The number of benzene rings is 2. The Bertz CT molecular complexity index is 748. The number of ether oxygens (including phenoxy) is 3. The summed E-state index contributed by atoms with van der Waals surface area (Å²) in [5, 5.41) is 2.97. The zero-order valence-corrected chi connectivity index (χ0v) is 17.4. The Morgan fingerprint density at radius 2 is 1.54 bits per heavy atom. The molecule has 0 aliphatic heterocycles. The molecule has 2 rings (SSSR count). The summed E-state index contributed by atoms with van der Waals surface area (Å²) in [7, 11) is 8.73. The number of methoxy groups -OCH3 is 3. The maximum atomic E-state index is 12.3. The molecular formula is C22H30N2O4. The first kappa shape index (κ1) is 21.4. The number of hydrogen-bond donors (Lipinski definition) is 1. The lowest BCUT2D eigenvalue weighted by Gasteiger charge is -2.14. The van der Waals surface area contributed by atoms with Crippen molar-refractivity contribution in [2.24, 2.45) is 0 Å². The summed E-state index contributed by atoms with van der Waals surface area (Å²) >= 11 is 0. The number of anilines is 1. The molecule has 0 aliphatic carbocycles. The number of hydrogen-bond acceptors (Lipinski definition) is 5. The first-order valence-corrected chi connectivity index (χ1v) is 9.30. The van der Waals surface area contributed by atoms with Crippen molar-refractivity contribution >= 4 is 11.6 Å². The normalized spacial score (nSPS) is 10.3. The van der Waals surface area contributed by atoms with E-state index in [2.05, 4.69) is 34.5 Å². The molecule has 1 N–H and O–H groups in total. The third-order valence-corrected chi connectivity index (χ3v) is 4.51. The minimum atomic E-state index is -0.0303. The van der Waals surface area contributed by atoms with E-state index in [1.54, 1.807) is 33.5 Å². The summed E-state index contributed by atoms with van der Waals surface area (Å²) < 4.78 is 16.0. The van der Waals surface area contributed by atoms with Gasteiger partial charge in [-0.3, -0.25) is 4.79 Å². The Balaban J connectivity index is 1.84. The molecule has 1 amide bonds. The summed E-state index contributed by atoms with van der Waals surface area (Å²) in [4.78, 5) is 14.3. The predicted molar refractivity (Wildman–Crippen MR) is 112 cm³/mol. The molecule has 0 saturated heterocycles. The van der Waals surface area contributed by atoms with Crippen LogP contribution in [0.2, 0.25) is 0 Å². The fraction of sp³-hybridized carbons (Fsp3) is 0.409. The highest BCUT2D eigenvalue weighted by Crippen LogP contribution is 2.38. The molecule has 6 nitrogen and oxygen atoms in total. The second-order valence-electron chi connectivity index (χ2n) is 6.72. The van der Waals surface area contributed by atoms with E-state index in [1.165, 1.54) is 11.3 Å².